The number of carboxylic acid groups (broad SMARTS) is 1. The van der Waals surface area contributed by atoms with Crippen LogP contribution in [0.5, 0.6) is 0 Å². The van der Waals surface area contributed by atoms with Crippen LogP contribution in [0, 0.1) is 0 Å². The van der Waals surface area contributed by atoms with E-state index in [9.17, 15) is 14.7 Å². The van der Waals surface area contributed by atoms with Crippen LogP contribution in [-0.2, 0) is 0 Å². The first kappa shape index (κ1) is 12.1. The number of imidazole rings is 1. The summed E-state index contributed by atoms with van der Waals surface area (Å²) in [6.45, 7) is 0. The van der Waals surface area contributed by atoms with Gasteiger partial charge in [-0.25, -0.2) is 4.98 Å². The quantitative estimate of drug-likeness (QED) is 0.852. The number of hydrogen-bond acceptors (Lipinski definition) is 4. The molecule has 92 valence electrons. The molecule has 1 heterocycles. The van der Waals surface area contributed by atoms with E-state index in [1.54, 1.807) is 24.3 Å². The highest BCUT2D eigenvalue weighted by molar-refractivity contribution is 6.30. The Bertz CT molecular complexity index is 592. The van der Waals surface area contributed by atoms with Gasteiger partial charge in [-0.1, -0.05) is 11.6 Å². The van der Waals surface area contributed by atoms with Crippen molar-refractivity contribution in [1.29, 1.82) is 0 Å². The average molecular weight is 265 g/mol. The number of nitrogens with zero attached hydrogens (tertiary/aromatic N) is 1. The van der Waals surface area contributed by atoms with Crippen LogP contribution in [0.15, 0.2) is 30.6 Å². The first-order valence-corrected chi connectivity index (χ1v) is 5.27. The van der Waals surface area contributed by atoms with Gasteiger partial charge in [-0.3, -0.25) is 4.79 Å². The van der Waals surface area contributed by atoms with E-state index >= 15 is 0 Å². The van der Waals surface area contributed by atoms with Crippen LogP contribution in [0.2, 0.25) is 5.02 Å². The van der Waals surface area contributed by atoms with Crippen LogP contribution in [0.1, 0.15) is 21.0 Å². The highest BCUT2D eigenvalue weighted by atomic mass is 35.5. The molecule has 7 heteroatoms. The molecule has 0 unspecified atom stereocenters. The topological polar surface area (TPSA) is 97.9 Å². The van der Waals surface area contributed by atoms with Crippen LogP contribution in [0.4, 0.5) is 5.69 Å². The van der Waals surface area contributed by atoms with Crippen molar-refractivity contribution in [3.63, 3.8) is 0 Å². The summed E-state index contributed by atoms with van der Waals surface area (Å²) in [6, 6.07) is 6.37. The molecule has 1 amide bonds. The Kier molecular flexibility index (Phi) is 3.29. The lowest BCUT2D eigenvalue weighted by molar-refractivity contribution is -0.255. The Morgan fingerprint density at radius 1 is 1.28 bits per heavy atom. The van der Waals surface area contributed by atoms with Crippen LogP contribution < -0.4 is 10.4 Å². The second-order valence-corrected chi connectivity index (χ2v) is 3.81. The fourth-order valence-corrected chi connectivity index (χ4v) is 1.47. The maximum Gasteiger partial charge on any atom is 0.276 e. The van der Waals surface area contributed by atoms with Crippen molar-refractivity contribution in [2.24, 2.45) is 0 Å². The Labute approximate surface area is 107 Å². The standard InChI is InChI=1S/C11H8ClN3O3/c12-6-1-3-7(4-2-6)15-10(16)8-9(11(17)18)14-5-13-8/h1-5H,(H,13,14)(H,15,16)(H,17,18)/p-1. The predicted octanol–water partition coefficient (Wildman–Crippen LogP) is 0.679. The van der Waals surface area contributed by atoms with Crippen molar-refractivity contribution in [3.05, 3.63) is 47.0 Å². The number of carbonyl (C=O) groups is 2. The van der Waals surface area contributed by atoms with Crippen LogP contribution >= 0.6 is 11.6 Å². The second-order valence-electron chi connectivity index (χ2n) is 3.37. The molecule has 2 rings (SSSR count). The Morgan fingerprint density at radius 3 is 2.56 bits per heavy atom. The second kappa shape index (κ2) is 4.89. The molecule has 0 saturated heterocycles. The molecule has 0 fully saturated rings. The maximum absolute atomic E-state index is 11.8. The molecule has 2 aromatic rings. The van der Waals surface area contributed by atoms with E-state index < -0.39 is 11.9 Å². The zero-order valence-electron chi connectivity index (χ0n) is 8.94. The molecule has 0 spiro atoms. The van der Waals surface area contributed by atoms with Gasteiger partial charge in [0.15, 0.2) is 5.69 Å². The molecule has 0 radical (unpaired) electrons. The number of aromatic nitrogens is 2. The van der Waals surface area contributed by atoms with Crippen molar-refractivity contribution in [3.8, 4) is 0 Å². The van der Waals surface area contributed by atoms with E-state index in [0.717, 1.165) is 6.33 Å². The Balaban J connectivity index is 2.19. The smallest absolute Gasteiger partial charge is 0.276 e. The number of carboxylic acids is 1. The van der Waals surface area contributed by atoms with Gasteiger partial charge in [0.05, 0.1) is 18.0 Å². The summed E-state index contributed by atoms with van der Waals surface area (Å²) >= 11 is 5.70. The number of carbonyl (C=O) groups excluding carboxylic acids is 2. The summed E-state index contributed by atoms with van der Waals surface area (Å²) in [5.74, 6) is -2.13. The van der Waals surface area contributed by atoms with E-state index in [-0.39, 0.29) is 11.4 Å². The lowest BCUT2D eigenvalue weighted by atomic mass is 10.2. The molecule has 0 atom stereocenters. The monoisotopic (exact) mass is 264 g/mol. The number of aromatic carboxylic acids is 1. The van der Waals surface area contributed by atoms with Gasteiger partial charge >= 0.3 is 0 Å². The third-order valence-corrected chi connectivity index (χ3v) is 2.41. The lowest BCUT2D eigenvalue weighted by Gasteiger charge is -2.05. The molecular formula is C11H7ClN3O3-. The molecule has 0 aliphatic carbocycles. The van der Waals surface area contributed by atoms with E-state index in [1.807, 2.05) is 0 Å². The fourth-order valence-electron chi connectivity index (χ4n) is 1.35. The van der Waals surface area contributed by atoms with Crippen LogP contribution in [0.25, 0.3) is 0 Å². The number of amides is 1. The van der Waals surface area contributed by atoms with Gasteiger partial charge in [-0.2, -0.15) is 0 Å². The number of aromatic amines is 1. The van der Waals surface area contributed by atoms with Crippen LogP contribution in [0.3, 0.4) is 0 Å². The van der Waals surface area contributed by atoms with Crippen LogP contribution in [-0.4, -0.2) is 21.8 Å². The van der Waals surface area contributed by atoms with E-state index in [0.29, 0.717) is 10.7 Å². The number of hydrogen-bond donors (Lipinski definition) is 2. The minimum Gasteiger partial charge on any atom is -0.543 e. The molecule has 1 aromatic carbocycles. The van der Waals surface area contributed by atoms with Gasteiger partial charge < -0.3 is 20.2 Å². The lowest BCUT2D eigenvalue weighted by Crippen LogP contribution is -2.26. The summed E-state index contributed by atoms with van der Waals surface area (Å²) in [6.07, 6.45) is 1.11. The summed E-state index contributed by atoms with van der Waals surface area (Å²) in [7, 11) is 0. The molecule has 1 aromatic heterocycles. The SMILES string of the molecule is O=C(Nc1ccc(Cl)cc1)c1nc[nH]c1C(=O)[O-]. The van der Waals surface area contributed by atoms with Gasteiger partial charge in [0.1, 0.15) is 0 Å². The fraction of sp³-hybridized carbons (Fsp3) is 0. The third-order valence-electron chi connectivity index (χ3n) is 2.16. The molecule has 0 bridgehead atoms. The molecule has 18 heavy (non-hydrogen) atoms. The minimum atomic E-state index is -1.49. The maximum atomic E-state index is 11.8. The highest BCUT2D eigenvalue weighted by Crippen LogP contribution is 2.14. The van der Waals surface area contributed by atoms with E-state index in [1.165, 1.54) is 0 Å². The molecule has 0 aliphatic heterocycles. The molecule has 0 saturated carbocycles. The van der Waals surface area contributed by atoms with Crippen molar-refractivity contribution in [1.82, 2.24) is 9.97 Å². The highest BCUT2D eigenvalue weighted by Gasteiger charge is 2.15. The summed E-state index contributed by atoms with van der Waals surface area (Å²) in [4.78, 5) is 28.4. The third kappa shape index (κ3) is 2.49. The molecule has 2 N–H and O–H groups in total. The van der Waals surface area contributed by atoms with E-state index in [2.05, 4.69) is 15.3 Å². The van der Waals surface area contributed by atoms with Crippen molar-refractivity contribution < 1.29 is 14.7 Å². The first-order chi connectivity index (χ1) is 8.58. The minimum absolute atomic E-state index is 0.232. The van der Waals surface area contributed by atoms with Crippen molar-refractivity contribution in [2.75, 3.05) is 5.32 Å². The zero-order chi connectivity index (χ0) is 13.1. The molecular weight excluding hydrogens is 258 g/mol. The van der Waals surface area contributed by atoms with Gasteiger partial charge in [0.2, 0.25) is 0 Å². The largest absolute Gasteiger partial charge is 0.543 e. The molecule has 0 aliphatic rings. The number of halogens is 1. The number of H-pyrrole nitrogens is 1. The zero-order valence-corrected chi connectivity index (χ0v) is 9.69. The number of benzene rings is 1. The van der Waals surface area contributed by atoms with Gasteiger partial charge in [0.25, 0.3) is 5.91 Å². The van der Waals surface area contributed by atoms with E-state index in [4.69, 9.17) is 11.6 Å². The number of anilines is 1. The normalized spacial score (nSPS) is 10.1. The number of rotatable bonds is 3. The van der Waals surface area contributed by atoms with Crippen molar-refractivity contribution >= 4 is 29.2 Å². The molecule has 6 nitrogen and oxygen atoms in total. The van der Waals surface area contributed by atoms with Crippen molar-refractivity contribution in [2.45, 2.75) is 0 Å². The summed E-state index contributed by atoms with van der Waals surface area (Å²) < 4.78 is 0. The van der Waals surface area contributed by atoms with Gasteiger partial charge in [0, 0.05) is 10.7 Å². The summed E-state index contributed by atoms with van der Waals surface area (Å²) in [5.41, 5.74) is -0.108. The first-order valence-electron chi connectivity index (χ1n) is 4.89. The predicted molar refractivity (Wildman–Crippen MR) is 62.3 cm³/mol. The van der Waals surface area contributed by atoms with Gasteiger partial charge in [-0.15, -0.1) is 0 Å². The van der Waals surface area contributed by atoms with Gasteiger partial charge in [-0.05, 0) is 24.3 Å². The Morgan fingerprint density at radius 2 is 1.94 bits per heavy atom. The number of nitrogens with one attached hydrogen (secondary N) is 2. The summed E-state index contributed by atoms with van der Waals surface area (Å²) in [5, 5.41) is 13.7. The Hall–Kier alpha value is -2.34. The average Bonchev–Trinajstić information content (AvgIpc) is 2.81.